The van der Waals surface area contributed by atoms with Crippen molar-refractivity contribution >= 4 is 18.1 Å². The van der Waals surface area contributed by atoms with Crippen LogP contribution >= 0.6 is 0 Å². The summed E-state index contributed by atoms with van der Waals surface area (Å²) < 4.78 is 17.1. The van der Waals surface area contributed by atoms with Crippen LogP contribution in [0.25, 0.3) is 12.2 Å². The molecule has 4 nitrogen and oxygen atoms in total. The van der Waals surface area contributed by atoms with Crippen molar-refractivity contribution < 1.29 is 19.0 Å². The molecule has 0 radical (unpaired) electrons. The normalized spacial score (nSPS) is 10.7. The molecule has 0 unspecified atom stereocenters. The molecule has 0 atom stereocenters. The number of carbonyl (C=O) groups is 1. The number of hydrogen-bond donors (Lipinski definition) is 0. The highest BCUT2D eigenvalue weighted by molar-refractivity contribution is 5.90. The summed E-state index contributed by atoms with van der Waals surface area (Å²) in [5.41, 5.74) is 2.19. The Morgan fingerprint density at radius 1 is 1.00 bits per heavy atom. The van der Waals surface area contributed by atoms with Gasteiger partial charge in [-0.1, -0.05) is 75.2 Å². The SMILES string of the molecule is C=C(C)C(=O)Oc1c(OC)ccc(/C=C/c2ccccc2)c1OCCCCCC. The summed E-state index contributed by atoms with van der Waals surface area (Å²) in [7, 11) is 1.54. The minimum atomic E-state index is -0.511. The maximum Gasteiger partial charge on any atom is 0.338 e. The Kier molecular flexibility index (Phi) is 9.03. The van der Waals surface area contributed by atoms with Crippen molar-refractivity contribution in [1.29, 1.82) is 0 Å². The monoisotopic (exact) mass is 394 g/mol. The van der Waals surface area contributed by atoms with Crippen molar-refractivity contribution in [3.8, 4) is 17.2 Å². The zero-order valence-electron chi connectivity index (χ0n) is 17.6. The molecule has 4 heteroatoms. The molecule has 154 valence electrons. The van der Waals surface area contributed by atoms with Gasteiger partial charge in [0, 0.05) is 11.1 Å². The molecule has 0 N–H and O–H groups in total. The van der Waals surface area contributed by atoms with Crippen molar-refractivity contribution in [3.05, 3.63) is 65.7 Å². The van der Waals surface area contributed by atoms with Gasteiger partial charge in [0.15, 0.2) is 11.5 Å². The largest absolute Gasteiger partial charge is 0.493 e. The Balaban J connectivity index is 2.37. The maximum absolute atomic E-state index is 12.2. The van der Waals surface area contributed by atoms with Crippen molar-refractivity contribution in [1.82, 2.24) is 0 Å². The molecule has 0 heterocycles. The zero-order chi connectivity index (χ0) is 21.1. The molecule has 0 spiro atoms. The lowest BCUT2D eigenvalue weighted by molar-refractivity contribution is -0.130. The number of methoxy groups -OCH3 is 1. The van der Waals surface area contributed by atoms with Gasteiger partial charge in [-0.05, 0) is 31.0 Å². The van der Waals surface area contributed by atoms with Gasteiger partial charge in [-0.25, -0.2) is 4.79 Å². The van der Waals surface area contributed by atoms with E-state index in [4.69, 9.17) is 14.2 Å². The van der Waals surface area contributed by atoms with E-state index in [2.05, 4.69) is 13.5 Å². The van der Waals surface area contributed by atoms with Crippen molar-refractivity contribution in [2.45, 2.75) is 39.5 Å². The van der Waals surface area contributed by atoms with Gasteiger partial charge in [-0.3, -0.25) is 0 Å². The third-order valence-corrected chi connectivity index (χ3v) is 4.37. The van der Waals surface area contributed by atoms with Crippen LogP contribution in [0.1, 0.15) is 50.7 Å². The molecule has 2 aromatic rings. The van der Waals surface area contributed by atoms with Gasteiger partial charge in [0.2, 0.25) is 5.75 Å². The zero-order valence-corrected chi connectivity index (χ0v) is 17.6. The molecule has 2 aromatic carbocycles. The van der Waals surface area contributed by atoms with Gasteiger partial charge >= 0.3 is 5.97 Å². The second-order valence-corrected chi connectivity index (χ2v) is 6.84. The van der Waals surface area contributed by atoms with Crippen LogP contribution in [0.2, 0.25) is 0 Å². The number of benzene rings is 2. The minimum Gasteiger partial charge on any atom is -0.493 e. The van der Waals surface area contributed by atoms with E-state index in [1.54, 1.807) is 13.0 Å². The molecule has 0 saturated heterocycles. The van der Waals surface area contributed by atoms with E-state index in [-0.39, 0.29) is 5.75 Å². The summed E-state index contributed by atoms with van der Waals surface area (Å²) in [5, 5.41) is 0. The lowest BCUT2D eigenvalue weighted by Crippen LogP contribution is -2.11. The second kappa shape index (κ2) is 11.7. The first-order valence-electron chi connectivity index (χ1n) is 10.0. The van der Waals surface area contributed by atoms with Crippen LogP contribution in [0.15, 0.2) is 54.6 Å². The highest BCUT2D eigenvalue weighted by Gasteiger charge is 2.20. The number of esters is 1. The molecule has 0 fully saturated rings. The first kappa shape index (κ1) is 22.3. The molecule has 0 bridgehead atoms. The Morgan fingerprint density at radius 2 is 1.76 bits per heavy atom. The Morgan fingerprint density at radius 3 is 2.41 bits per heavy atom. The van der Waals surface area contributed by atoms with Gasteiger partial charge in [0.05, 0.1) is 13.7 Å². The third kappa shape index (κ3) is 6.83. The number of hydrogen-bond acceptors (Lipinski definition) is 4. The topological polar surface area (TPSA) is 44.8 Å². The third-order valence-electron chi connectivity index (χ3n) is 4.37. The van der Waals surface area contributed by atoms with Crippen molar-refractivity contribution in [2.24, 2.45) is 0 Å². The average Bonchev–Trinajstić information content (AvgIpc) is 2.73. The smallest absolute Gasteiger partial charge is 0.338 e. The summed E-state index contributed by atoms with van der Waals surface area (Å²) in [6.07, 6.45) is 8.30. The Labute approximate surface area is 173 Å². The molecular weight excluding hydrogens is 364 g/mol. The van der Waals surface area contributed by atoms with Crippen LogP contribution in [0, 0.1) is 0 Å². The summed E-state index contributed by atoms with van der Waals surface area (Å²) in [6, 6.07) is 13.7. The average molecular weight is 395 g/mol. The van der Waals surface area contributed by atoms with Gasteiger partial charge in [-0.15, -0.1) is 0 Å². The summed E-state index contributed by atoms with van der Waals surface area (Å²) in [5.74, 6) is 0.720. The first-order valence-corrected chi connectivity index (χ1v) is 10.0. The van der Waals surface area contributed by atoms with Crippen LogP contribution in [0.3, 0.4) is 0 Å². The van der Waals surface area contributed by atoms with Gasteiger partial charge in [0.25, 0.3) is 0 Å². The van der Waals surface area contributed by atoms with E-state index in [1.807, 2.05) is 48.6 Å². The lowest BCUT2D eigenvalue weighted by atomic mass is 10.1. The van der Waals surface area contributed by atoms with E-state index in [0.29, 0.717) is 23.7 Å². The van der Waals surface area contributed by atoms with E-state index in [0.717, 1.165) is 30.4 Å². The van der Waals surface area contributed by atoms with E-state index < -0.39 is 5.97 Å². The number of carbonyl (C=O) groups excluding carboxylic acids is 1. The fraction of sp³-hybridized carbons (Fsp3) is 0.320. The van der Waals surface area contributed by atoms with Crippen molar-refractivity contribution in [2.75, 3.05) is 13.7 Å². The molecule has 0 aliphatic carbocycles. The van der Waals surface area contributed by atoms with Gasteiger partial charge < -0.3 is 14.2 Å². The minimum absolute atomic E-state index is 0.284. The van der Waals surface area contributed by atoms with E-state index in [9.17, 15) is 4.79 Å². The van der Waals surface area contributed by atoms with Crippen LogP contribution in [0.4, 0.5) is 0 Å². The van der Waals surface area contributed by atoms with Gasteiger partial charge in [0.1, 0.15) is 0 Å². The quantitative estimate of drug-likeness (QED) is 0.147. The van der Waals surface area contributed by atoms with Crippen LogP contribution in [0.5, 0.6) is 17.2 Å². The summed E-state index contributed by atoms with van der Waals surface area (Å²) in [6.45, 7) is 7.98. The fourth-order valence-electron chi connectivity index (χ4n) is 2.73. The van der Waals surface area contributed by atoms with Gasteiger partial charge in [-0.2, -0.15) is 0 Å². The molecule has 29 heavy (non-hydrogen) atoms. The van der Waals surface area contributed by atoms with Crippen LogP contribution < -0.4 is 14.2 Å². The highest BCUT2D eigenvalue weighted by atomic mass is 16.6. The summed E-state index contributed by atoms with van der Waals surface area (Å²) >= 11 is 0. The maximum atomic E-state index is 12.2. The highest BCUT2D eigenvalue weighted by Crippen LogP contribution is 2.41. The van der Waals surface area contributed by atoms with Crippen LogP contribution in [-0.2, 0) is 4.79 Å². The molecule has 0 saturated carbocycles. The van der Waals surface area contributed by atoms with Crippen molar-refractivity contribution in [3.63, 3.8) is 0 Å². The summed E-state index contributed by atoms with van der Waals surface area (Å²) in [4.78, 5) is 12.2. The number of unbranched alkanes of at least 4 members (excludes halogenated alkanes) is 3. The van der Waals surface area contributed by atoms with E-state index in [1.165, 1.54) is 13.5 Å². The standard InChI is InChI=1S/C25H30O4/c1-5-6-7-11-18-28-23-21(15-14-20-12-9-8-10-13-20)16-17-22(27-4)24(23)29-25(26)19(2)3/h8-10,12-17H,2,5-7,11,18H2,1,3-4H3/b15-14+. The molecule has 0 aliphatic heterocycles. The number of rotatable bonds is 11. The lowest BCUT2D eigenvalue weighted by Gasteiger charge is -2.17. The molecule has 0 amide bonds. The number of ether oxygens (including phenoxy) is 3. The van der Waals surface area contributed by atoms with Crippen LogP contribution in [-0.4, -0.2) is 19.7 Å². The molecule has 0 aliphatic rings. The first-order chi connectivity index (χ1) is 14.1. The molecule has 0 aromatic heterocycles. The second-order valence-electron chi connectivity index (χ2n) is 6.84. The molecular formula is C25H30O4. The molecule has 2 rings (SSSR count). The Hall–Kier alpha value is -3.01. The predicted octanol–water partition coefficient (Wildman–Crippen LogP) is 6.31. The fourth-order valence-corrected chi connectivity index (χ4v) is 2.73. The Bertz CT molecular complexity index is 837. The predicted molar refractivity (Wildman–Crippen MR) is 118 cm³/mol. The van der Waals surface area contributed by atoms with E-state index >= 15 is 0 Å².